The summed E-state index contributed by atoms with van der Waals surface area (Å²) in [5, 5.41) is 3.51. The number of rotatable bonds is 4. The first-order valence-corrected chi connectivity index (χ1v) is 7.81. The van der Waals surface area contributed by atoms with Crippen molar-refractivity contribution < 1.29 is 0 Å². The second-order valence-electron chi connectivity index (χ2n) is 5.01. The third-order valence-electron chi connectivity index (χ3n) is 3.62. The lowest BCUT2D eigenvalue weighted by Gasteiger charge is -2.20. The molecule has 1 aliphatic heterocycles. The zero-order valence-corrected chi connectivity index (χ0v) is 12.9. The number of aromatic nitrogens is 1. The SMILES string of the molecule is Brc1ccccc1CNc1cccnc1N1CCCC1. The van der Waals surface area contributed by atoms with Gasteiger partial charge in [-0.1, -0.05) is 34.1 Å². The molecule has 0 saturated carbocycles. The van der Waals surface area contributed by atoms with Gasteiger partial charge in [0.05, 0.1) is 5.69 Å². The number of halogens is 1. The van der Waals surface area contributed by atoms with Gasteiger partial charge < -0.3 is 10.2 Å². The summed E-state index contributed by atoms with van der Waals surface area (Å²) in [6, 6.07) is 12.4. The van der Waals surface area contributed by atoms with E-state index in [0.717, 1.165) is 35.6 Å². The topological polar surface area (TPSA) is 28.2 Å². The lowest BCUT2D eigenvalue weighted by atomic mass is 10.2. The minimum atomic E-state index is 0.800. The van der Waals surface area contributed by atoms with Crippen LogP contribution in [0.2, 0.25) is 0 Å². The van der Waals surface area contributed by atoms with Crippen LogP contribution in [0.1, 0.15) is 18.4 Å². The normalized spacial score (nSPS) is 14.6. The van der Waals surface area contributed by atoms with E-state index in [9.17, 15) is 0 Å². The predicted molar refractivity (Wildman–Crippen MR) is 87.2 cm³/mol. The fourth-order valence-corrected chi connectivity index (χ4v) is 2.97. The maximum absolute atomic E-state index is 4.55. The van der Waals surface area contributed by atoms with Crippen molar-refractivity contribution in [3.05, 3.63) is 52.6 Å². The molecule has 0 aliphatic carbocycles. The van der Waals surface area contributed by atoms with Gasteiger partial charge in [0.15, 0.2) is 5.82 Å². The fourth-order valence-electron chi connectivity index (χ4n) is 2.55. The van der Waals surface area contributed by atoms with Crippen LogP contribution in [0.3, 0.4) is 0 Å². The molecule has 0 bridgehead atoms. The molecule has 1 aliphatic rings. The van der Waals surface area contributed by atoms with Gasteiger partial charge in [0.1, 0.15) is 0 Å². The summed E-state index contributed by atoms with van der Waals surface area (Å²) in [4.78, 5) is 6.91. The minimum Gasteiger partial charge on any atom is -0.378 e. The van der Waals surface area contributed by atoms with Gasteiger partial charge in [-0.05, 0) is 36.6 Å². The third kappa shape index (κ3) is 2.96. The average Bonchev–Trinajstić information content (AvgIpc) is 3.01. The van der Waals surface area contributed by atoms with Crippen LogP contribution in [-0.2, 0) is 6.54 Å². The summed E-state index contributed by atoms with van der Waals surface area (Å²) < 4.78 is 1.14. The van der Waals surface area contributed by atoms with Gasteiger partial charge in [-0.2, -0.15) is 0 Å². The summed E-state index contributed by atoms with van der Waals surface area (Å²) >= 11 is 3.59. The number of benzene rings is 1. The number of nitrogens with one attached hydrogen (secondary N) is 1. The summed E-state index contributed by atoms with van der Waals surface area (Å²) in [6.45, 7) is 3.02. The molecule has 4 heteroatoms. The molecule has 0 atom stereocenters. The van der Waals surface area contributed by atoms with Gasteiger partial charge in [0, 0.05) is 30.3 Å². The van der Waals surface area contributed by atoms with E-state index in [-0.39, 0.29) is 0 Å². The highest BCUT2D eigenvalue weighted by molar-refractivity contribution is 9.10. The van der Waals surface area contributed by atoms with Gasteiger partial charge in [0.25, 0.3) is 0 Å². The molecule has 3 rings (SSSR count). The molecular weight excluding hydrogens is 314 g/mol. The maximum Gasteiger partial charge on any atom is 0.151 e. The van der Waals surface area contributed by atoms with Gasteiger partial charge >= 0.3 is 0 Å². The second kappa shape index (κ2) is 6.27. The number of anilines is 2. The van der Waals surface area contributed by atoms with Crippen molar-refractivity contribution in [2.45, 2.75) is 19.4 Å². The van der Waals surface area contributed by atoms with Crippen LogP contribution in [0.5, 0.6) is 0 Å². The Bertz CT molecular complexity index is 579. The van der Waals surface area contributed by atoms with E-state index in [1.54, 1.807) is 0 Å². The van der Waals surface area contributed by atoms with Gasteiger partial charge in [0.2, 0.25) is 0 Å². The van der Waals surface area contributed by atoms with Crippen molar-refractivity contribution in [1.82, 2.24) is 4.98 Å². The Morgan fingerprint density at radius 2 is 1.90 bits per heavy atom. The van der Waals surface area contributed by atoms with Gasteiger partial charge in [-0.3, -0.25) is 0 Å². The van der Waals surface area contributed by atoms with Crippen molar-refractivity contribution in [3.8, 4) is 0 Å². The Hall–Kier alpha value is -1.55. The van der Waals surface area contributed by atoms with Crippen molar-refractivity contribution in [3.63, 3.8) is 0 Å². The summed E-state index contributed by atoms with van der Waals surface area (Å²) in [6.07, 6.45) is 4.40. The Morgan fingerprint density at radius 1 is 1.10 bits per heavy atom. The third-order valence-corrected chi connectivity index (χ3v) is 4.39. The van der Waals surface area contributed by atoms with E-state index in [2.05, 4.69) is 55.4 Å². The highest BCUT2D eigenvalue weighted by atomic mass is 79.9. The van der Waals surface area contributed by atoms with Gasteiger partial charge in [-0.25, -0.2) is 4.98 Å². The van der Waals surface area contributed by atoms with Crippen LogP contribution < -0.4 is 10.2 Å². The first kappa shape index (κ1) is 13.4. The molecule has 104 valence electrons. The number of nitrogens with zero attached hydrogens (tertiary/aromatic N) is 2. The molecule has 1 saturated heterocycles. The molecular formula is C16H18BrN3. The van der Waals surface area contributed by atoms with Crippen molar-refractivity contribution in [2.24, 2.45) is 0 Å². The molecule has 1 aromatic carbocycles. The lowest BCUT2D eigenvalue weighted by molar-refractivity contribution is 0.934. The largest absolute Gasteiger partial charge is 0.378 e. The number of pyridine rings is 1. The standard InChI is InChI=1S/C16H18BrN3/c17-14-7-2-1-6-13(14)12-19-15-8-5-9-18-16(15)20-10-3-4-11-20/h1-2,5-9,19H,3-4,10-12H2. The highest BCUT2D eigenvalue weighted by Crippen LogP contribution is 2.27. The van der Waals surface area contributed by atoms with Crippen LogP contribution in [0.4, 0.5) is 11.5 Å². The van der Waals surface area contributed by atoms with Crippen LogP contribution in [0, 0.1) is 0 Å². The maximum atomic E-state index is 4.55. The van der Waals surface area contributed by atoms with Crippen LogP contribution in [0.15, 0.2) is 47.1 Å². The molecule has 0 unspecified atom stereocenters. The summed E-state index contributed by atoms with van der Waals surface area (Å²) in [7, 11) is 0. The summed E-state index contributed by atoms with van der Waals surface area (Å²) in [5.74, 6) is 1.08. The predicted octanol–water partition coefficient (Wildman–Crippen LogP) is 4.06. The van der Waals surface area contributed by atoms with Crippen LogP contribution >= 0.6 is 15.9 Å². The molecule has 0 radical (unpaired) electrons. The number of hydrogen-bond acceptors (Lipinski definition) is 3. The zero-order valence-electron chi connectivity index (χ0n) is 11.3. The average molecular weight is 332 g/mol. The Morgan fingerprint density at radius 3 is 2.70 bits per heavy atom. The zero-order chi connectivity index (χ0) is 13.8. The van der Waals surface area contributed by atoms with Crippen molar-refractivity contribution >= 4 is 27.4 Å². The molecule has 20 heavy (non-hydrogen) atoms. The van der Waals surface area contributed by atoms with Crippen LogP contribution in [0.25, 0.3) is 0 Å². The first-order valence-electron chi connectivity index (χ1n) is 7.02. The molecule has 0 amide bonds. The Kier molecular flexibility index (Phi) is 4.21. The summed E-state index contributed by atoms with van der Waals surface area (Å²) in [5.41, 5.74) is 2.37. The van der Waals surface area contributed by atoms with E-state index in [1.165, 1.54) is 18.4 Å². The van der Waals surface area contributed by atoms with E-state index >= 15 is 0 Å². The minimum absolute atomic E-state index is 0.800. The first-order chi connectivity index (χ1) is 9.84. The fraction of sp³-hybridized carbons (Fsp3) is 0.312. The monoisotopic (exact) mass is 331 g/mol. The highest BCUT2D eigenvalue weighted by Gasteiger charge is 2.16. The Balaban J connectivity index is 1.76. The van der Waals surface area contributed by atoms with Crippen molar-refractivity contribution in [1.29, 1.82) is 0 Å². The van der Waals surface area contributed by atoms with Crippen molar-refractivity contribution in [2.75, 3.05) is 23.3 Å². The van der Waals surface area contributed by atoms with E-state index < -0.39 is 0 Å². The molecule has 3 nitrogen and oxygen atoms in total. The molecule has 1 fully saturated rings. The van der Waals surface area contributed by atoms with E-state index in [4.69, 9.17) is 0 Å². The second-order valence-corrected chi connectivity index (χ2v) is 5.87. The lowest BCUT2D eigenvalue weighted by Crippen LogP contribution is -2.20. The number of hydrogen-bond donors (Lipinski definition) is 1. The van der Waals surface area contributed by atoms with E-state index in [1.807, 2.05) is 18.3 Å². The molecule has 2 aromatic rings. The van der Waals surface area contributed by atoms with Crippen LogP contribution in [-0.4, -0.2) is 18.1 Å². The molecule has 0 spiro atoms. The molecule has 2 heterocycles. The molecule has 1 aromatic heterocycles. The Labute approximate surface area is 128 Å². The van der Waals surface area contributed by atoms with E-state index in [0.29, 0.717) is 0 Å². The molecule has 1 N–H and O–H groups in total. The quantitative estimate of drug-likeness (QED) is 0.915. The van der Waals surface area contributed by atoms with Gasteiger partial charge in [-0.15, -0.1) is 0 Å². The smallest absolute Gasteiger partial charge is 0.151 e.